The number of nitrogens with one attached hydrogen (secondary N) is 1. The van der Waals surface area contributed by atoms with Crippen molar-refractivity contribution in [1.29, 1.82) is 0 Å². The summed E-state index contributed by atoms with van der Waals surface area (Å²) in [6, 6.07) is -0.560. The van der Waals surface area contributed by atoms with Crippen LogP contribution < -0.4 is 5.32 Å². The monoisotopic (exact) mass is 191 g/mol. The molecule has 2 rings (SSSR count). The first-order valence-corrected chi connectivity index (χ1v) is 4.86. The fraction of sp³-hybridized carbons (Fsp3) is 1.00. The van der Waals surface area contributed by atoms with Crippen LogP contribution in [0.25, 0.3) is 0 Å². The topological polar surface area (TPSA) is 21.3 Å². The summed E-state index contributed by atoms with van der Waals surface area (Å²) in [6.45, 7) is 1.52. The molecule has 0 aromatic carbocycles. The molecule has 2 aliphatic rings. The Morgan fingerprint density at radius 2 is 2.15 bits per heavy atom. The van der Waals surface area contributed by atoms with Crippen molar-refractivity contribution in [3.8, 4) is 0 Å². The van der Waals surface area contributed by atoms with E-state index in [-0.39, 0.29) is 12.1 Å². The Morgan fingerprint density at radius 3 is 2.62 bits per heavy atom. The van der Waals surface area contributed by atoms with Gasteiger partial charge in [0.05, 0.1) is 18.2 Å². The highest BCUT2D eigenvalue weighted by Gasteiger charge is 2.41. The van der Waals surface area contributed by atoms with Gasteiger partial charge in [-0.1, -0.05) is 0 Å². The standard InChI is InChI=1S/C9H15F2NO/c1-5(9(10)11)12-7-4-6-2-3-8(7)13-6/h5-9,12H,2-4H2,1H3. The van der Waals surface area contributed by atoms with Crippen molar-refractivity contribution in [2.75, 3.05) is 0 Å². The van der Waals surface area contributed by atoms with E-state index in [1.54, 1.807) is 0 Å². The Labute approximate surface area is 76.6 Å². The number of fused-ring (bicyclic) bond motifs is 2. The maximum atomic E-state index is 12.2. The quantitative estimate of drug-likeness (QED) is 0.730. The molecule has 0 aromatic rings. The van der Waals surface area contributed by atoms with Crippen molar-refractivity contribution in [3.63, 3.8) is 0 Å². The molecule has 13 heavy (non-hydrogen) atoms. The first-order chi connectivity index (χ1) is 6.16. The lowest BCUT2D eigenvalue weighted by atomic mass is 9.95. The molecule has 2 nitrogen and oxygen atoms in total. The second-order valence-electron chi connectivity index (χ2n) is 4.01. The zero-order valence-electron chi connectivity index (χ0n) is 7.67. The molecule has 76 valence electrons. The molecule has 4 atom stereocenters. The molecule has 0 aromatic heterocycles. The summed E-state index contributed by atoms with van der Waals surface area (Å²) < 4.78 is 30.0. The number of hydrogen-bond acceptors (Lipinski definition) is 2. The molecule has 0 radical (unpaired) electrons. The lowest BCUT2D eigenvalue weighted by molar-refractivity contribution is 0.0769. The normalized spacial score (nSPS) is 40.2. The number of rotatable bonds is 3. The van der Waals surface area contributed by atoms with Gasteiger partial charge in [0.1, 0.15) is 0 Å². The van der Waals surface area contributed by atoms with Gasteiger partial charge in [-0.15, -0.1) is 0 Å². The zero-order valence-corrected chi connectivity index (χ0v) is 7.67. The summed E-state index contributed by atoms with van der Waals surface area (Å²) in [6.07, 6.45) is 1.27. The van der Waals surface area contributed by atoms with E-state index in [1.165, 1.54) is 6.92 Å². The van der Waals surface area contributed by atoms with E-state index in [4.69, 9.17) is 4.74 Å². The molecule has 2 heterocycles. The van der Waals surface area contributed by atoms with Gasteiger partial charge >= 0.3 is 0 Å². The molecular formula is C9H15F2NO. The van der Waals surface area contributed by atoms with Gasteiger partial charge < -0.3 is 10.1 Å². The van der Waals surface area contributed by atoms with Crippen LogP contribution in [-0.4, -0.2) is 30.7 Å². The van der Waals surface area contributed by atoms with Gasteiger partial charge in [0.25, 0.3) is 6.43 Å². The third-order valence-corrected chi connectivity index (χ3v) is 2.96. The number of ether oxygens (including phenoxy) is 1. The van der Waals surface area contributed by atoms with Crippen LogP contribution in [0.2, 0.25) is 0 Å². The van der Waals surface area contributed by atoms with Crippen LogP contribution >= 0.6 is 0 Å². The van der Waals surface area contributed by atoms with E-state index in [1.807, 2.05) is 0 Å². The van der Waals surface area contributed by atoms with Crippen LogP contribution in [0.5, 0.6) is 0 Å². The van der Waals surface area contributed by atoms with Crippen LogP contribution in [-0.2, 0) is 4.74 Å². The Bertz CT molecular complexity index is 188. The van der Waals surface area contributed by atoms with Gasteiger partial charge in [-0.2, -0.15) is 0 Å². The van der Waals surface area contributed by atoms with Crippen molar-refractivity contribution >= 4 is 0 Å². The fourth-order valence-corrected chi connectivity index (χ4v) is 2.22. The number of halogens is 2. The minimum Gasteiger partial charge on any atom is -0.373 e. The van der Waals surface area contributed by atoms with Crippen LogP contribution in [0, 0.1) is 0 Å². The maximum Gasteiger partial charge on any atom is 0.253 e. The minimum atomic E-state index is -2.28. The van der Waals surface area contributed by atoms with Crippen LogP contribution in [0.3, 0.4) is 0 Å². The molecule has 2 aliphatic heterocycles. The highest BCUT2D eigenvalue weighted by atomic mass is 19.3. The second-order valence-corrected chi connectivity index (χ2v) is 4.01. The van der Waals surface area contributed by atoms with E-state index in [9.17, 15) is 8.78 Å². The Balaban J connectivity index is 1.83. The van der Waals surface area contributed by atoms with E-state index in [0.717, 1.165) is 19.3 Å². The predicted octanol–water partition coefficient (Wildman–Crippen LogP) is 1.55. The highest BCUT2D eigenvalue weighted by molar-refractivity contribution is 4.94. The fourth-order valence-electron chi connectivity index (χ4n) is 2.22. The van der Waals surface area contributed by atoms with Crippen LogP contribution in [0.15, 0.2) is 0 Å². The predicted molar refractivity (Wildman–Crippen MR) is 44.9 cm³/mol. The Morgan fingerprint density at radius 1 is 1.38 bits per heavy atom. The summed E-state index contributed by atoms with van der Waals surface area (Å²) >= 11 is 0. The molecule has 0 amide bonds. The average molecular weight is 191 g/mol. The number of hydrogen-bond donors (Lipinski definition) is 1. The van der Waals surface area contributed by atoms with Gasteiger partial charge in [0.15, 0.2) is 0 Å². The van der Waals surface area contributed by atoms with Gasteiger partial charge in [-0.3, -0.25) is 0 Å². The van der Waals surface area contributed by atoms with E-state index in [0.29, 0.717) is 6.10 Å². The lowest BCUT2D eigenvalue weighted by Crippen LogP contribution is -2.45. The maximum absolute atomic E-state index is 12.2. The second kappa shape index (κ2) is 3.50. The molecule has 0 saturated carbocycles. The Hall–Kier alpha value is -0.220. The molecule has 1 N–H and O–H groups in total. The van der Waals surface area contributed by atoms with Crippen molar-refractivity contribution in [3.05, 3.63) is 0 Å². The average Bonchev–Trinajstić information content (AvgIpc) is 2.64. The third-order valence-electron chi connectivity index (χ3n) is 2.96. The molecule has 0 aliphatic carbocycles. The summed E-state index contributed by atoms with van der Waals surface area (Å²) in [5.41, 5.74) is 0. The van der Waals surface area contributed by atoms with Gasteiger partial charge in [0.2, 0.25) is 0 Å². The molecule has 4 heteroatoms. The molecule has 4 unspecified atom stereocenters. The summed E-state index contributed by atoms with van der Waals surface area (Å²) in [5.74, 6) is 0. The van der Waals surface area contributed by atoms with Crippen molar-refractivity contribution in [2.24, 2.45) is 0 Å². The number of alkyl halides is 2. The van der Waals surface area contributed by atoms with E-state index < -0.39 is 12.5 Å². The van der Waals surface area contributed by atoms with Gasteiger partial charge in [-0.05, 0) is 26.2 Å². The van der Waals surface area contributed by atoms with Gasteiger partial charge in [-0.25, -0.2) is 8.78 Å². The van der Waals surface area contributed by atoms with Crippen LogP contribution in [0.1, 0.15) is 26.2 Å². The largest absolute Gasteiger partial charge is 0.373 e. The summed E-state index contributed by atoms with van der Waals surface area (Å²) in [5, 5.41) is 2.93. The molecule has 2 fully saturated rings. The van der Waals surface area contributed by atoms with Crippen molar-refractivity contribution in [2.45, 2.75) is 56.9 Å². The van der Waals surface area contributed by atoms with E-state index >= 15 is 0 Å². The minimum absolute atomic E-state index is 0.155. The van der Waals surface area contributed by atoms with Crippen molar-refractivity contribution < 1.29 is 13.5 Å². The third kappa shape index (κ3) is 1.83. The highest BCUT2D eigenvalue weighted by Crippen LogP contribution is 2.34. The summed E-state index contributed by atoms with van der Waals surface area (Å²) in [4.78, 5) is 0. The molecule has 2 bridgehead atoms. The zero-order chi connectivity index (χ0) is 9.42. The first kappa shape index (κ1) is 9.34. The summed E-state index contributed by atoms with van der Waals surface area (Å²) in [7, 11) is 0. The first-order valence-electron chi connectivity index (χ1n) is 4.86. The Kier molecular flexibility index (Phi) is 2.51. The SMILES string of the molecule is CC(NC1CC2CCC1O2)C(F)F. The molecular weight excluding hydrogens is 176 g/mol. The van der Waals surface area contributed by atoms with E-state index in [2.05, 4.69) is 5.32 Å². The molecule has 0 spiro atoms. The van der Waals surface area contributed by atoms with Crippen LogP contribution in [0.4, 0.5) is 8.78 Å². The smallest absolute Gasteiger partial charge is 0.253 e. The van der Waals surface area contributed by atoms with Gasteiger partial charge in [0, 0.05) is 6.04 Å². The molecule has 2 saturated heterocycles. The lowest BCUT2D eigenvalue weighted by Gasteiger charge is -2.23. The van der Waals surface area contributed by atoms with Crippen molar-refractivity contribution in [1.82, 2.24) is 5.32 Å².